The van der Waals surface area contributed by atoms with E-state index in [0.717, 1.165) is 11.3 Å². The molecular formula is C17H15N5O3. The SMILES string of the molecule is O=C(NCCc1ccc([N+](=O)[O-])cc1)c1cnn(-c2cccnc2)c1. The second-order valence-electron chi connectivity index (χ2n) is 5.31. The molecule has 0 radical (unpaired) electrons. The van der Waals surface area contributed by atoms with E-state index in [9.17, 15) is 14.9 Å². The average molecular weight is 337 g/mol. The number of hydrogen-bond acceptors (Lipinski definition) is 5. The molecule has 1 aromatic carbocycles. The third-order valence-corrected chi connectivity index (χ3v) is 3.60. The first-order valence-corrected chi connectivity index (χ1v) is 7.60. The highest BCUT2D eigenvalue weighted by Crippen LogP contribution is 2.12. The summed E-state index contributed by atoms with van der Waals surface area (Å²) in [4.78, 5) is 26.3. The van der Waals surface area contributed by atoms with Gasteiger partial charge in [0.15, 0.2) is 0 Å². The van der Waals surface area contributed by atoms with Gasteiger partial charge in [0, 0.05) is 31.1 Å². The number of carbonyl (C=O) groups excluding carboxylic acids is 1. The van der Waals surface area contributed by atoms with Crippen LogP contribution in [-0.4, -0.2) is 32.1 Å². The van der Waals surface area contributed by atoms with Crippen LogP contribution in [0.5, 0.6) is 0 Å². The van der Waals surface area contributed by atoms with E-state index < -0.39 is 4.92 Å². The van der Waals surface area contributed by atoms with Crippen molar-refractivity contribution < 1.29 is 9.72 Å². The van der Waals surface area contributed by atoms with Crippen LogP contribution in [0.1, 0.15) is 15.9 Å². The molecule has 126 valence electrons. The van der Waals surface area contributed by atoms with Crippen molar-refractivity contribution in [2.24, 2.45) is 0 Å². The van der Waals surface area contributed by atoms with Crippen LogP contribution in [0, 0.1) is 10.1 Å². The molecule has 0 aliphatic carbocycles. The summed E-state index contributed by atoms with van der Waals surface area (Å²) in [5, 5.41) is 17.6. The zero-order valence-electron chi connectivity index (χ0n) is 13.2. The second kappa shape index (κ2) is 7.35. The summed E-state index contributed by atoms with van der Waals surface area (Å²) in [7, 11) is 0. The van der Waals surface area contributed by atoms with Crippen molar-refractivity contribution in [1.82, 2.24) is 20.1 Å². The summed E-state index contributed by atoms with van der Waals surface area (Å²) in [6, 6.07) is 9.91. The Bertz CT molecular complexity index is 875. The number of nitrogens with zero attached hydrogens (tertiary/aromatic N) is 4. The zero-order valence-corrected chi connectivity index (χ0v) is 13.2. The van der Waals surface area contributed by atoms with Crippen molar-refractivity contribution in [3.63, 3.8) is 0 Å². The zero-order chi connectivity index (χ0) is 17.6. The first kappa shape index (κ1) is 16.3. The van der Waals surface area contributed by atoms with Gasteiger partial charge >= 0.3 is 0 Å². The van der Waals surface area contributed by atoms with Gasteiger partial charge in [-0.2, -0.15) is 5.10 Å². The van der Waals surface area contributed by atoms with E-state index in [-0.39, 0.29) is 11.6 Å². The minimum absolute atomic E-state index is 0.0515. The first-order valence-electron chi connectivity index (χ1n) is 7.60. The Hall–Kier alpha value is -3.55. The molecule has 3 rings (SSSR count). The quantitative estimate of drug-likeness (QED) is 0.548. The molecule has 0 spiro atoms. The third kappa shape index (κ3) is 4.05. The lowest BCUT2D eigenvalue weighted by atomic mass is 10.1. The Morgan fingerprint density at radius 2 is 2.00 bits per heavy atom. The van der Waals surface area contributed by atoms with Gasteiger partial charge in [-0.3, -0.25) is 19.9 Å². The molecule has 1 N–H and O–H groups in total. The van der Waals surface area contributed by atoms with Gasteiger partial charge in [-0.25, -0.2) is 4.68 Å². The van der Waals surface area contributed by atoms with Crippen molar-refractivity contribution >= 4 is 11.6 Å². The molecule has 2 aromatic heterocycles. The van der Waals surface area contributed by atoms with E-state index in [1.54, 1.807) is 41.5 Å². The fourth-order valence-corrected chi connectivity index (χ4v) is 2.28. The Morgan fingerprint density at radius 3 is 2.68 bits per heavy atom. The van der Waals surface area contributed by atoms with Crippen LogP contribution >= 0.6 is 0 Å². The van der Waals surface area contributed by atoms with Crippen LogP contribution in [0.25, 0.3) is 5.69 Å². The number of rotatable bonds is 6. The highest BCUT2D eigenvalue weighted by atomic mass is 16.6. The number of benzene rings is 1. The number of carbonyl (C=O) groups is 1. The number of nitro groups is 1. The van der Waals surface area contributed by atoms with Crippen molar-refractivity contribution in [3.8, 4) is 5.69 Å². The van der Waals surface area contributed by atoms with Crippen molar-refractivity contribution in [2.45, 2.75) is 6.42 Å². The monoisotopic (exact) mass is 337 g/mol. The molecular weight excluding hydrogens is 322 g/mol. The van der Waals surface area contributed by atoms with Gasteiger partial charge in [0.05, 0.1) is 28.6 Å². The maximum Gasteiger partial charge on any atom is 0.269 e. The molecule has 0 saturated carbocycles. The lowest BCUT2D eigenvalue weighted by molar-refractivity contribution is -0.384. The van der Waals surface area contributed by atoms with Gasteiger partial charge < -0.3 is 5.32 Å². The summed E-state index contributed by atoms with van der Waals surface area (Å²) in [5.74, 6) is -0.225. The summed E-state index contributed by atoms with van der Waals surface area (Å²) >= 11 is 0. The number of amides is 1. The molecule has 1 amide bonds. The molecule has 2 heterocycles. The second-order valence-corrected chi connectivity index (χ2v) is 5.31. The van der Waals surface area contributed by atoms with Gasteiger partial charge in [0.2, 0.25) is 0 Å². The molecule has 8 nitrogen and oxygen atoms in total. The standard InChI is InChI=1S/C17H15N5O3/c23-17(14-10-20-21(12-14)16-2-1-8-18-11-16)19-9-7-13-3-5-15(6-4-13)22(24)25/h1-6,8,10-12H,7,9H2,(H,19,23). The largest absolute Gasteiger partial charge is 0.352 e. The minimum atomic E-state index is -0.439. The summed E-state index contributed by atoms with van der Waals surface area (Å²) in [6.07, 6.45) is 7.04. The lowest BCUT2D eigenvalue weighted by Gasteiger charge is -2.04. The normalized spacial score (nSPS) is 10.4. The van der Waals surface area contributed by atoms with Crippen molar-refractivity contribution in [3.05, 3.63) is 82.4 Å². The molecule has 0 atom stereocenters. The Labute approximate surface area is 143 Å². The minimum Gasteiger partial charge on any atom is -0.352 e. The van der Waals surface area contributed by atoms with Crippen LogP contribution in [0.3, 0.4) is 0 Å². The Balaban J connectivity index is 1.54. The molecule has 8 heteroatoms. The number of non-ortho nitro benzene ring substituents is 1. The smallest absolute Gasteiger partial charge is 0.269 e. The number of aromatic nitrogens is 3. The molecule has 0 fully saturated rings. The van der Waals surface area contributed by atoms with Gasteiger partial charge in [-0.05, 0) is 24.1 Å². The molecule has 3 aromatic rings. The summed E-state index contributed by atoms with van der Waals surface area (Å²) in [6.45, 7) is 0.425. The molecule has 0 unspecified atom stereocenters. The molecule has 0 saturated heterocycles. The fourth-order valence-electron chi connectivity index (χ4n) is 2.28. The molecule has 25 heavy (non-hydrogen) atoms. The van der Waals surface area contributed by atoms with Crippen LogP contribution < -0.4 is 5.32 Å². The van der Waals surface area contributed by atoms with Crippen molar-refractivity contribution in [1.29, 1.82) is 0 Å². The summed E-state index contributed by atoms with van der Waals surface area (Å²) < 4.78 is 1.58. The average Bonchev–Trinajstić information content (AvgIpc) is 3.13. The van der Waals surface area contributed by atoms with E-state index in [1.807, 2.05) is 6.07 Å². The van der Waals surface area contributed by atoms with E-state index in [0.29, 0.717) is 18.5 Å². The van der Waals surface area contributed by atoms with Crippen LogP contribution in [-0.2, 0) is 6.42 Å². The Kier molecular flexibility index (Phi) is 4.79. The predicted molar refractivity (Wildman–Crippen MR) is 90.5 cm³/mol. The molecule has 0 bridgehead atoms. The summed E-state index contributed by atoms with van der Waals surface area (Å²) in [5.41, 5.74) is 2.19. The Morgan fingerprint density at radius 1 is 1.20 bits per heavy atom. The topological polar surface area (TPSA) is 103 Å². The number of nitro benzene ring substituents is 1. The molecule has 0 aliphatic rings. The maximum atomic E-state index is 12.2. The molecule has 0 aliphatic heterocycles. The number of nitrogens with one attached hydrogen (secondary N) is 1. The highest BCUT2D eigenvalue weighted by molar-refractivity contribution is 5.93. The van der Waals surface area contributed by atoms with Gasteiger partial charge in [0.1, 0.15) is 0 Å². The maximum absolute atomic E-state index is 12.2. The van der Waals surface area contributed by atoms with E-state index in [2.05, 4.69) is 15.4 Å². The number of pyridine rings is 1. The highest BCUT2D eigenvalue weighted by Gasteiger charge is 2.09. The fraction of sp³-hybridized carbons (Fsp3) is 0.118. The van der Waals surface area contributed by atoms with Crippen LogP contribution in [0.4, 0.5) is 5.69 Å². The van der Waals surface area contributed by atoms with Crippen LogP contribution in [0.15, 0.2) is 61.2 Å². The van der Waals surface area contributed by atoms with E-state index in [1.165, 1.54) is 18.3 Å². The van der Waals surface area contributed by atoms with Gasteiger partial charge in [0.25, 0.3) is 11.6 Å². The van der Waals surface area contributed by atoms with E-state index >= 15 is 0 Å². The lowest BCUT2D eigenvalue weighted by Crippen LogP contribution is -2.25. The van der Waals surface area contributed by atoms with Crippen LogP contribution in [0.2, 0.25) is 0 Å². The van der Waals surface area contributed by atoms with Gasteiger partial charge in [-0.15, -0.1) is 0 Å². The predicted octanol–water partition coefficient (Wildman–Crippen LogP) is 2.15. The third-order valence-electron chi connectivity index (χ3n) is 3.60. The first-order chi connectivity index (χ1) is 12.1. The van der Waals surface area contributed by atoms with E-state index in [4.69, 9.17) is 0 Å². The number of hydrogen-bond donors (Lipinski definition) is 1. The van der Waals surface area contributed by atoms with Gasteiger partial charge in [-0.1, -0.05) is 12.1 Å². The van der Waals surface area contributed by atoms with Crippen molar-refractivity contribution in [2.75, 3.05) is 6.54 Å².